The van der Waals surface area contributed by atoms with Gasteiger partial charge in [-0.25, -0.2) is 0 Å². The minimum atomic E-state index is 0.178. The molecule has 0 aliphatic carbocycles. The van der Waals surface area contributed by atoms with Gasteiger partial charge in [-0.15, -0.1) is 6.42 Å². The third-order valence-electron chi connectivity index (χ3n) is 2.58. The van der Waals surface area contributed by atoms with Gasteiger partial charge in [0.1, 0.15) is 0 Å². The highest BCUT2D eigenvalue weighted by Crippen LogP contribution is 2.25. The smallest absolute Gasteiger partial charge is 0.0738 e. The lowest BCUT2D eigenvalue weighted by Gasteiger charge is -2.22. The van der Waals surface area contributed by atoms with Crippen LogP contribution in [0.15, 0.2) is 0 Å². The fourth-order valence-electron chi connectivity index (χ4n) is 1.89. The van der Waals surface area contributed by atoms with Crippen molar-refractivity contribution in [3.05, 3.63) is 0 Å². The molecule has 1 aliphatic heterocycles. The normalized spacial score (nSPS) is 31.4. The van der Waals surface area contributed by atoms with Crippen molar-refractivity contribution in [1.82, 2.24) is 5.32 Å². The Morgan fingerprint density at radius 3 is 3.00 bits per heavy atom. The molecule has 0 aromatic heterocycles. The maximum absolute atomic E-state index is 5.56. The van der Waals surface area contributed by atoms with E-state index in [4.69, 9.17) is 11.2 Å². The SMILES string of the molecule is C#CC(NC)C1CCOC1CC. The molecule has 1 saturated heterocycles. The van der Waals surface area contributed by atoms with Crippen molar-refractivity contribution in [2.24, 2.45) is 5.92 Å². The Labute approximate surface area is 74.7 Å². The lowest BCUT2D eigenvalue weighted by atomic mass is 9.92. The molecule has 0 aromatic carbocycles. The second-order valence-electron chi connectivity index (χ2n) is 3.20. The van der Waals surface area contributed by atoms with Crippen LogP contribution in [0.2, 0.25) is 0 Å². The van der Waals surface area contributed by atoms with Gasteiger partial charge in [0, 0.05) is 12.5 Å². The van der Waals surface area contributed by atoms with Gasteiger partial charge in [-0.05, 0) is 19.9 Å². The number of terminal acetylenes is 1. The van der Waals surface area contributed by atoms with E-state index in [-0.39, 0.29) is 6.04 Å². The Hall–Kier alpha value is -0.520. The molecular weight excluding hydrogens is 150 g/mol. The van der Waals surface area contributed by atoms with Crippen LogP contribution in [0.25, 0.3) is 0 Å². The van der Waals surface area contributed by atoms with Crippen LogP contribution in [-0.4, -0.2) is 25.8 Å². The van der Waals surface area contributed by atoms with Crippen LogP contribution >= 0.6 is 0 Å². The van der Waals surface area contributed by atoms with E-state index in [9.17, 15) is 0 Å². The number of ether oxygens (including phenoxy) is 1. The molecular formula is C10H17NO. The Morgan fingerprint density at radius 1 is 1.75 bits per heavy atom. The highest BCUT2D eigenvalue weighted by molar-refractivity contribution is 5.04. The van der Waals surface area contributed by atoms with E-state index in [0.717, 1.165) is 19.4 Å². The number of rotatable bonds is 3. The van der Waals surface area contributed by atoms with Gasteiger partial charge in [0.2, 0.25) is 0 Å². The Morgan fingerprint density at radius 2 is 2.50 bits per heavy atom. The predicted molar refractivity (Wildman–Crippen MR) is 49.8 cm³/mol. The zero-order chi connectivity index (χ0) is 8.97. The molecule has 0 radical (unpaired) electrons. The molecule has 12 heavy (non-hydrogen) atoms. The van der Waals surface area contributed by atoms with Crippen molar-refractivity contribution in [1.29, 1.82) is 0 Å². The quantitative estimate of drug-likeness (QED) is 0.634. The average Bonchev–Trinajstić information content (AvgIpc) is 2.55. The molecule has 0 amide bonds. The summed E-state index contributed by atoms with van der Waals surface area (Å²) in [6.45, 7) is 3.01. The minimum absolute atomic E-state index is 0.178. The number of nitrogens with one attached hydrogen (secondary N) is 1. The van der Waals surface area contributed by atoms with Crippen LogP contribution in [0.1, 0.15) is 19.8 Å². The molecule has 3 unspecified atom stereocenters. The highest BCUT2D eigenvalue weighted by Gasteiger charge is 2.31. The summed E-state index contributed by atoms with van der Waals surface area (Å²) in [7, 11) is 1.91. The highest BCUT2D eigenvalue weighted by atomic mass is 16.5. The fraction of sp³-hybridized carbons (Fsp3) is 0.800. The van der Waals surface area contributed by atoms with E-state index in [1.54, 1.807) is 0 Å². The molecule has 0 aromatic rings. The van der Waals surface area contributed by atoms with Gasteiger partial charge in [0.15, 0.2) is 0 Å². The van der Waals surface area contributed by atoms with Gasteiger partial charge >= 0.3 is 0 Å². The molecule has 1 fully saturated rings. The lowest BCUT2D eigenvalue weighted by Crippen LogP contribution is -2.36. The van der Waals surface area contributed by atoms with Crippen LogP contribution in [0.5, 0.6) is 0 Å². The summed E-state index contributed by atoms with van der Waals surface area (Å²) in [6.07, 6.45) is 7.92. The first-order chi connectivity index (χ1) is 5.83. The van der Waals surface area contributed by atoms with Gasteiger partial charge in [-0.1, -0.05) is 12.8 Å². The van der Waals surface area contributed by atoms with Crippen molar-refractivity contribution in [3.8, 4) is 12.3 Å². The van der Waals surface area contributed by atoms with Crippen LogP contribution in [0.4, 0.5) is 0 Å². The monoisotopic (exact) mass is 167 g/mol. The van der Waals surface area contributed by atoms with E-state index in [1.165, 1.54) is 0 Å². The molecule has 1 N–H and O–H groups in total. The van der Waals surface area contributed by atoms with E-state index >= 15 is 0 Å². The molecule has 1 rings (SSSR count). The maximum Gasteiger partial charge on any atom is 0.0738 e. The number of hydrogen-bond donors (Lipinski definition) is 1. The standard InChI is InChI=1S/C10H17NO/c1-4-9(11-3)8-6-7-12-10(8)5-2/h1,8-11H,5-7H2,2-3H3. The third-order valence-corrected chi connectivity index (χ3v) is 2.58. The van der Waals surface area contributed by atoms with E-state index in [0.29, 0.717) is 12.0 Å². The average molecular weight is 167 g/mol. The van der Waals surface area contributed by atoms with Gasteiger partial charge < -0.3 is 10.1 Å². The first-order valence-corrected chi connectivity index (χ1v) is 4.58. The maximum atomic E-state index is 5.56. The predicted octanol–water partition coefficient (Wildman–Crippen LogP) is 1.02. The Kier molecular flexibility index (Phi) is 3.58. The molecule has 0 saturated carbocycles. The van der Waals surface area contributed by atoms with Crippen molar-refractivity contribution < 1.29 is 4.74 Å². The van der Waals surface area contributed by atoms with Crippen LogP contribution in [0, 0.1) is 18.3 Å². The molecule has 3 atom stereocenters. The summed E-state index contributed by atoms with van der Waals surface area (Å²) < 4.78 is 5.56. The molecule has 2 heteroatoms. The van der Waals surface area contributed by atoms with Crippen molar-refractivity contribution in [2.45, 2.75) is 31.9 Å². The van der Waals surface area contributed by atoms with Gasteiger partial charge in [-0.3, -0.25) is 0 Å². The summed E-state index contributed by atoms with van der Waals surface area (Å²) >= 11 is 0. The van der Waals surface area contributed by atoms with Crippen LogP contribution in [-0.2, 0) is 4.74 Å². The zero-order valence-corrected chi connectivity index (χ0v) is 7.84. The molecule has 1 heterocycles. The summed E-state index contributed by atoms with van der Waals surface area (Å²) in [6, 6.07) is 0.178. The summed E-state index contributed by atoms with van der Waals surface area (Å²) in [4.78, 5) is 0. The molecule has 1 aliphatic rings. The van der Waals surface area contributed by atoms with Crippen LogP contribution < -0.4 is 5.32 Å². The molecule has 0 bridgehead atoms. The molecule has 68 valence electrons. The molecule has 0 spiro atoms. The Balaban J connectivity index is 2.54. The Bertz CT molecular complexity index is 173. The second kappa shape index (κ2) is 4.49. The molecule has 2 nitrogen and oxygen atoms in total. The van der Waals surface area contributed by atoms with E-state index in [1.807, 2.05) is 7.05 Å². The van der Waals surface area contributed by atoms with Crippen LogP contribution in [0.3, 0.4) is 0 Å². The number of hydrogen-bond acceptors (Lipinski definition) is 2. The lowest BCUT2D eigenvalue weighted by molar-refractivity contribution is 0.0832. The summed E-state index contributed by atoms with van der Waals surface area (Å²) in [5, 5.41) is 3.14. The van der Waals surface area contributed by atoms with E-state index < -0.39 is 0 Å². The fourth-order valence-corrected chi connectivity index (χ4v) is 1.89. The van der Waals surface area contributed by atoms with Gasteiger partial charge in [-0.2, -0.15) is 0 Å². The second-order valence-corrected chi connectivity index (χ2v) is 3.20. The summed E-state index contributed by atoms with van der Waals surface area (Å²) in [5.74, 6) is 3.27. The summed E-state index contributed by atoms with van der Waals surface area (Å²) in [5.41, 5.74) is 0. The van der Waals surface area contributed by atoms with E-state index in [2.05, 4.69) is 18.2 Å². The van der Waals surface area contributed by atoms with Crippen molar-refractivity contribution in [2.75, 3.05) is 13.7 Å². The topological polar surface area (TPSA) is 21.3 Å². The first-order valence-electron chi connectivity index (χ1n) is 4.58. The van der Waals surface area contributed by atoms with Gasteiger partial charge in [0.05, 0.1) is 12.1 Å². The minimum Gasteiger partial charge on any atom is -0.378 e. The zero-order valence-electron chi connectivity index (χ0n) is 7.84. The van der Waals surface area contributed by atoms with Crippen molar-refractivity contribution >= 4 is 0 Å². The largest absolute Gasteiger partial charge is 0.378 e. The third kappa shape index (κ3) is 1.80. The van der Waals surface area contributed by atoms with Gasteiger partial charge in [0.25, 0.3) is 0 Å². The van der Waals surface area contributed by atoms with Crippen molar-refractivity contribution in [3.63, 3.8) is 0 Å². The first kappa shape index (κ1) is 9.57.